The standard InChI is InChI=1S/C20H33N5O2/c1-13-14(2)26-19(23-13)12-25-8-6-15(7-9-25)11-22-20(21-3)24-17-10-16-4-5-18(17)27-16/h15-18H,4-12H2,1-3H3,(H2,21,22,24). The molecule has 3 atom stereocenters. The zero-order valence-corrected chi connectivity index (χ0v) is 16.8. The van der Waals surface area contributed by atoms with Gasteiger partial charge in [-0.3, -0.25) is 9.89 Å². The number of aliphatic imine (C=N–C) groups is 1. The van der Waals surface area contributed by atoms with Crippen LogP contribution in [0.3, 0.4) is 0 Å². The third-order valence-electron chi connectivity index (χ3n) is 6.35. The summed E-state index contributed by atoms with van der Waals surface area (Å²) in [6, 6.07) is 0.421. The van der Waals surface area contributed by atoms with Crippen LogP contribution in [-0.2, 0) is 11.3 Å². The molecule has 0 amide bonds. The second-order valence-corrected chi connectivity index (χ2v) is 8.28. The molecule has 27 heavy (non-hydrogen) atoms. The average Bonchev–Trinajstić information content (AvgIpc) is 3.36. The highest BCUT2D eigenvalue weighted by Gasteiger charge is 2.41. The smallest absolute Gasteiger partial charge is 0.208 e. The lowest BCUT2D eigenvalue weighted by molar-refractivity contribution is 0.0992. The lowest BCUT2D eigenvalue weighted by Gasteiger charge is -2.31. The van der Waals surface area contributed by atoms with Crippen molar-refractivity contribution in [3.8, 4) is 0 Å². The molecule has 1 aromatic rings. The lowest BCUT2D eigenvalue weighted by atomic mass is 9.95. The number of nitrogens with one attached hydrogen (secondary N) is 2. The summed E-state index contributed by atoms with van der Waals surface area (Å²) >= 11 is 0. The van der Waals surface area contributed by atoms with Crippen LogP contribution in [-0.4, -0.2) is 60.8 Å². The molecule has 3 aliphatic heterocycles. The highest BCUT2D eigenvalue weighted by Crippen LogP contribution is 2.34. The van der Waals surface area contributed by atoms with E-state index in [0.717, 1.165) is 55.9 Å². The zero-order chi connectivity index (χ0) is 18.8. The molecule has 150 valence electrons. The van der Waals surface area contributed by atoms with Crippen LogP contribution < -0.4 is 10.6 Å². The van der Waals surface area contributed by atoms with Crippen molar-refractivity contribution in [3.05, 3.63) is 17.3 Å². The van der Waals surface area contributed by atoms with Crippen LogP contribution in [0.4, 0.5) is 0 Å². The van der Waals surface area contributed by atoms with Gasteiger partial charge in [0.2, 0.25) is 5.89 Å². The number of guanidine groups is 1. The Kier molecular flexibility index (Phi) is 5.68. The normalized spacial score (nSPS) is 29.4. The van der Waals surface area contributed by atoms with E-state index in [1.165, 1.54) is 25.7 Å². The number of rotatable bonds is 5. The maximum atomic E-state index is 5.93. The number of aromatic nitrogens is 1. The zero-order valence-electron chi connectivity index (χ0n) is 16.8. The monoisotopic (exact) mass is 375 g/mol. The Hall–Kier alpha value is -1.60. The van der Waals surface area contributed by atoms with Crippen LogP contribution in [0.2, 0.25) is 0 Å². The average molecular weight is 376 g/mol. The summed E-state index contributed by atoms with van der Waals surface area (Å²) in [5, 5.41) is 7.10. The van der Waals surface area contributed by atoms with Gasteiger partial charge in [0.05, 0.1) is 30.5 Å². The Labute approximate surface area is 162 Å². The van der Waals surface area contributed by atoms with Gasteiger partial charge in [0.25, 0.3) is 0 Å². The van der Waals surface area contributed by atoms with Crippen LogP contribution in [0.5, 0.6) is 0 Å². The molecule has 0 aliphatic carbocycles. The molecule has 4 rings (SSSR count). The number of hydrogen-bond acceptors (Lipinski definition) is 5. The molecule has 4 heterocycles. The molecular weight excluding hydrogens is 342 g/mol. The van der Waals surface area contributed by atoms with Crippen LogP contribution in [0.15, 0.2) is 9.41 Å². The summed E-state index contributed by atoms with van der Waals surface area (Å²) in [5.74, 6) is 3.39. The van der Waals surface area contributed by atoms with E-state index in [4.69, 9.17) is 9.15 Å². The van der Waals surface area contributed by atoms with E-state index < -0.39 is 0 Å². The van der Waals surface area contributed by atoms with E-state index in [9.17, 15) is 0 Å². The lowest BCUT2D eigenvalue weighted by Crippen LogP contribution is -2.49. The second-order valence-electron chi connectivity index (χ2n) is 8.28. The predicted octanol–water partition coefficient (Wildman–Crippen LogP) is 1.99. The number of aryl methyl sites for hydroxylation is 2. The number of likely N-dealkylation sites (tertiary alicyclic amines) is 1. The first-order valence-electron chi connectivity index (χ1n) is 10.4. The molecule has 2 bridgehead atoms. The maximum absolute atomic E-state index is 5.93. The SMILES string of the molecule is CN=C(NCC1CCN(Cc2nc(C)c(C)o2)CC1)NC1CC2CCC1O2. The summed E-state index contributed by atoms with van der Waals surface area (Å²) in [6.07, 6.45) is 6.75. The Morgan fingerprint density at radius 1 is 1.22 bits per heavy atom. The first-order chi connectivity index (χ1) is 13.1. The van der Waals surface area contributed by atoms with Crippen molar-refractivity contribution in [3.63, 3.8) is 0 Å². The molecule has 0 saturated carbocycles. The van der Waals surface area contributed by atoms with Gasteiger partial charge >= 0.3 is 0 Å². The first kappa shape index (κ1) is 18.7. The van der Waals surface area contributed by atoms with Gasteiger partial charge in [0.15, 0.2) is 5.96 Å². The minimum Gasteiger partial charge on any atom is -0.444 e. The van der Waals surface area contributed by atoms with Crippen molar-refractivity contribution in [2.45, 2.75) is 70.7 Å². The molecule has 0 spiro atoms. The minimum absolute atomic E-state index is 0.374. The quantitative estimate of drug-likeness (QED) is 0.606. The van der Waals surface area contributed by atoms with E-state index >= 15 is 0 Å². The molecule has 0 radical (unpaired) electrons. The van der Waals surface area contributed by atoms with E-state index in [-0.39, 0.29) is 0 Å². The molecule has 1 aromatic heterocycles. The topological polar surface area (TPSA) is 74.9 Å². The Balaban J connectivity index is 1.17. The molecule has 3 fully saturated rings. The predicted molar refractivity (Wildman–Crippen MR) is 105 cm³/mol. The van der Waals surface area contributed by atoms with Crippen molar-refractivity contribution < 1.29 is 9.15 Å². The first-order valence-corrected chi connectivity index (χ1v) is 10.4. The van der Waals surface area contributed by atoms with Gasteiger partial charge in [-0.15, -0.1) is 0 Å². The Bertz CT molecular complexity index is 646. The molecule has 3 saturated heterocycles. The van der Waals surface area contributed by atoms with Gasteiger partial charge in [-0.05, 0) is 65.0 Å². The van der Waals surface area contributed by atoms with Gasteiger partial charge < -0.3 is 19.8 Å². The molecule has 2 N–H and O–H groups in total. The summed E-state index contributed by atoms with van der Waals surface area (Å²) in [5.41, 5.74) is 1.00. The van der Waals surface area contributed by atoms with Crippen LogP contribution in [0.25, 0.3) is 0 Å². The maximum Gasteiger partial charge on any atom is 0.208 e. The number of nitrogens with zero attached hydrogens (tertiary/aromatic N) is 3. The number of ether oxygens (including phenoxy) is 1. The molecular formula is C20H33N5O2. The number of oxazole rings is 1. The largest absolute Gasteiger partial charge is 0.444 e. The molecule has 3 unspecified atom stereocenters. The molecule has 3 aliphatic rings. The summed E-state index contributed by atoms with van der Waals surface area (Å²) in [7, 11) is 1.85. The van der Waals surface area contributed by atoms with Crippen LogP contribution in [0.1, 0.15) is 49.4 Å². The molecule has 7 nitrogen and oxygen atoms in total. The van der Waals surface area contributed by atoms with Crippen molar-refractivity contribution >= 4 is 5.96 Å². The van der Waals surface area contributed by atoms with Gasteiger partial charge in [-0.25, -0.2) is 4.98 Å². The van der Waals surface area contributed by atoms with E-state index in [1.807, 2.05) is 20.9 Å². The van der Waals surface area contributed by atoms with Crippen molar-refractivity contribution in [1.29, 1.82) is 0 Å². The number of hydrogen-bond donors (Lipinski definition) is 2. The van der Waals surface area contributed by atoms with Crippen molar-refractivity contribution in [1.82, 2.24) is 20.5 Å². The van der Waals surface area contributed by atoms with Crippen molar-refractivity contribution in [2.75, 3.05) is 26.7 Å². The van der Waals surface area contributed by atoms with E-state index in [0.29, 0.717) is 24.2 Å². The van der Waals surface area contributed by atoms with Crippen molar-refractivity contribution in [2.24, 2.45) is 10.9 Å². The third kappa shape index (κ3) is 4.46. The minimum atomic E-state index is 0.374. The highest BCUT2D eigenvalue weighted by atomic mass is 16.5. The Morgan fingerprint density at radius 3 is 2.63 bits per heavy atom. The van der Waals surface area contributed by atoms with Gasteiger partial charge in [0, 0.05) is 13.6 Å². The highest BCUT2D eigenvalue weighted by molar-refractivity contribution is 5.80. The van der Waals surface area contributed by atoms with E-state index in [2.05, 4.69) is 25.5 Å². The van der Waals surface area contributed by atoms with Crippen LogP contribution >= 0.6 is 0 Å². The fourth-order valence-electron chi connectivity index (χ4n) is 4.55. The van der Waals surface area contributed by atoms with Gasteiger partial charge in [0.1, 0.15) is 5.76 Å². The second kappa shape index (κ2) is 8.19. The summed E-state index contributed by atoms with van der Waals surface area (Å²) < 4.78 is 11.7. The van der Waals surface area contributed by atoms with Gasteiger partial charge in [-0.1, -0.05) is 0 Å². The fourth-order valence-corrected chi connectivity index (χ4v) is 4.55. The fraction of sp³-hybridized carbons (Fsp3) is 0.800. The number of piperidine rings is 1. The Morgan fingerprint density at radius 2 is 2.04 bits per heavy atom. The van der Waals surface area contributed by atoms with Gasteiger partial charge in [-0.2, -0.15) is 0 Å². The third-order valence-corrected chi connectivity index (χ3v) is 6.35. The van der Waals surface area contributed by atoms with E-state index in [1.54, 1.807) is 0 Å². The molecule has 7 heteroatoms. The summed E-state index contributed by atoms with van der Waals surface area (Å²) in [4.78, 5) is 11.4. The summed E-state index contributed by atoms with van der Waals surface area (Å²) in [6.45, 7) is 7.98. The van der Waals surface area contributed by atoms with Crippen LogP contribution in [0, 0.1) is 19.8 Å². The molecule has 0 aromatic carbocycles. The number of fused-ring (bicyclic) bond motifs is 2.